The smallest absolute Gasteiger partial charge is 0.273 e. The van der Waals surface area contributed by atoms with Crippen molar-refractivity contribution in [3.63, 3.8) is 0 Å². The van der Waals surface area contributed by atoms with Crippen LogP contribution in [-0.2, 0) is 0 Å². The van der Waals surface area contributed by atoms with Gasteiger partial charge in [0.15, 0.2) is 0 Å². The fourth-order valence-electron chi connectivity index (χ4n) is 2.61. The fraction of sp³-hybridized carbons (Fsp3) is 0.467. The van der Waals surface area contributed by atoms with Gasteiger partial charge in [-0.2, -0.15) is 0 Å². The second-order valence-electron chi connectivity index (χ2n) is 6.24. The summed E-state index contributed by atoms with van der Waals surface area (Å²) < 4.78 is 0. The first-order valence-electron chi connectivity index (χ1n) is 7.24. The number of thiazole rings is 1. The summed E-state index contributed by atoms with van der Waals surface area (Å²) in [5.74, 6) is -0.0358. The van der Waals surface area contributed by atoms with Gasteiger partial charge < -0.3 is 10.6 Å². The summed E-state index contributed by atoms with van der Waals surface area (Å²) >= 11 is 1.41. The number of amides is 1. The van der Waals surface area contributed by atoms with E-state index >= 15 is 0 Å². The van der Waals surface area contributed by atoms with Crippen LogP contribution in [0.5, 0.6) is 0 Å². The van der Waals surface area contributed by atoms with Crippen molar-refractivity contribution in [3.05, 3.63) is 29.7 Å². The summed E-state index contributed by atoms with van der Waals surface area (Å²) in [5.41, 5.74) is 7.21. The summed E-state index contributed by atoms with van der Waals surface area (Å²) in [4.78, 5) is 27.1. The molecular formula is C15H21Cl2N5OS. The molecule has 1 aliphatic rings. The van der Waals surface area contributed by atoms with Crippen LogP contribution in [0.15, 0.2) is 24.0 Å². The summed E-state index contributed by atoms with van der Waals surface area (Å²) in [7, 11) is 0. The minimum absolute atomic E-state index is 0. The van der Waals surface area contributed by atoms with E-state index in [-0.39, 0.29) is 42.2 Å². The molecule has 3 rings (SSSR count). The third kappa shape index (κ3) is 4.22. The highest BCUT2D eigenvalue weighted by molar-refractivity contribution is 7.13. The van der Waals surface area contributed by atoms with Gasteiger partial charge in [0.05, 0.1) is 6.20 Å². The van der Waals surface area contributed by atoms with Gasteiger partial charge in [-0.1, -0.05) is 13.8 Å². The molecule has 0 aliphatic carbocycles. The topological polar surface area (TPSA) is 85.0 Å². The average Bonchev–Trinajstić information content (AvgIpc) is 3.00. The maximum atomic E-state index is 12.6. The molecule has 24 heavy (non-hydrogen) atoms. The molecule has 2 N–H and O–H groups in total. The van der Waals surface area contributed by atoms with Crippen LogP contribution in [0.4, 0.5) is 0 Å². The largest absolute Gasteiger partial charge is 0.337 e. The predicted molar refractivity (Wildman–Crippen MR) is 99.9 cm³/mol. The number of halogens is 2. The molecule has 1 unspecified atom stereocenters. The Morgan fingerprint density at radius 2 is 2.12 bits per heavy atom. The van der Waals surface area contributed by atoms with Crippen molar-refractivity contribution in [1.29, 1.82) is 0 Å². The van der Waals surface area contributed by atoms with E-state index in [0.717, 1.165) is 6.42 Å². The van der Waals surface area contributed by atoms with E-state index in [1.165, 1.54) is 11.3 Å². The molecule has 0 bridgehead atoms. The third-order valence-electron chi connectivity index (χ3n) is 4.10. The van der Waals surface area contributed by atoms with Crippen LogP contribution in [-0.4, -0.2) is 44.9 Å². The van der Waals surface area contributed by atoms with Gasteiger partial charge in [0.1, 0.15) is 16.4 Å². The number of rotatable bonds is 2. The number of hydrogen-bond acceptors (Lipinski definition) is 6. The number of carbonyl (C=O) groups is 1. The van der Waals surface area contributed by atoms with E-state index in [1.54, 1.807) is 24.0 Å². The molecule has 0 aromatic carbocycles. The zero-order valence-electron chi connectivity index (χ0n) is 13.5. The molecule has 1 aliphatic heterocycles. The standard InChI is InChI=1S/C15H19N5OS.2ClH/c1-15(2)9-20(6-3-12(15)16)14(21)11-8-22-13(19-11)10-7-17-4-5-18-10;;/h4-5,7-8,12H,3,6,9,16H2,1-2H3;2*1H. The molecule has 132 valence electrons. The highest BCUT2D eigenvalue weighted by Crippen LogP contribution is 2.29. The molecule has 0 saturated carbocycles. The quantitative estimate of drug-likeness (QED) is 0.852. The lowest BCUT2D eigenvalue weighted by Crippen LogP contribution is -2.54. The second-order valence-corrected chi connectivity index (χ2v) is 7.10. The Balaban J connectivity index is 0.00000144. The maximum Gasteiger partial charge on any atom is 0.273 e. The van der Waals surface area contributed by atoms with Crippen molar-refractivity contribution in [3.8, 4) is 10.7 Å². The molecule has 2 aromatic heterocycles. The molecule has 1 amide bonds. The Morgan fingerprint density at radius 1 is 1.38 bits per heavy atom. The minimum atomic E-state index is -0.0718. The Morgan fingerprint density at radius 3 is 2.75 bits per heavy atom. The number of aromatic nitrogens is 3. The van der Waals surface area contributed by atoms with Crippen LogP contribution >= 0.6 is 36.2 Å². The van der Waals surface area contributed by atoms with Gasteiger partial charge >= 0.3 is 0 Å². The van der Waals surface area contributed by atoms with Crippen LogP contribution in [0.25, 0.3) is 10.7 Å². The van der Waals surface area contributed by atoms with Crippen LogP contribution in [0.3, 0.4) is 0 Å². The Labute approximate surface area is 157 Å². The number of nitrogens with two attached hydrogens (primary N) is 1. The van der Waals surface area contributed by atoms with Gasteiger partial charge in [-0.05, 0) is 11.8 Å². The lowest BCUT2D eigenvalue weighted by atomic mass is 9.79. The van der Waals surface area contributed by atoms with Gasteiger partial charge in [0, 0.05) is 36.9 Å². The predicted octanol–water partition coefficient (Wildman–Crippen LogP) is 2.64. The van der Waals surface area contributed by atoms with Crippen molar-refractivity contribution in [1.82, 2.24) is 19.9 Å². The molecule has 1 atom stereocenters. The molecule has 0 radical (unpaired) electrons. The molecule has 3 heterocycles. The van der Waals surface area contributed by atoms with Gasteiger partial charge in [-0.25, -0.2) is 4.98 Å². The van der Waals surface area contributed by atoms with E-state index < -0.39 is 0 Å². The van der Waals surface area contributed by atoms with Gasteiger partial charge in [-0.15, -0.1) is 36.2 Å². The van der Waals surface area contributed by atoms with Crippen LogP contribution in [0, 0.1) is 5.41 Å². The first-order valence-corrected chi connectivity index (χ1v) is 8.12. The normalized spacial score (nSPS) is 19.1. The Hall–Kier alpha value is -1.28. The molecule has 0 spiro atoms. The number of nitrogens with zero attached hydrogens (tertiary/aromatic N) is 4. The number of likely N-dealkylation sites (tertiary alicyclic amines) is 1. The van der Waals surface area contributed by atoms with Crippen molar-refractivity contribution < 1.29 is 4.79 Å². The summed E-state index contributed by atoms with van der Waals surface area (Å²) in [5, 5.41) is 2.50. The molecule has 1 saturated heterocycles. The molecule has 1 fully saturated rings. The SMILES string of the molecule is CC1(C)CN(C(=O)c2csc(-c3cnccn3)n2)CCC1N.Cl.Cl. The van der Waals surface area contributed by atoms with E-state index in [9.17, 15) is 4.79 Å². The van der Waals surface area contributed by atoms with Crippen molar-refractivity contribution in [2.24, 2.45) is 11.1 Å². The molecule has 2 aromatic rings. The molecule has 9 heteroatoms. The maximum absolute atomic E-state index is 12.6. The number of carbonyl (C=O) groups excluding carboxylic acids is 1. The highest BCUT2D eigenvalue weighted by Gasteiger charge is 2.36. The van der Waals surface area contributed by atoms with E-state index in [2.05, 4.69) is 28.8 Å². The Bertz CT molecular complexity index is 680. The summed E-state index contributed by atoms with van der Waals surface area (Å²) in [6.45, 7) is 5.54. The lowest BCUT2D eigenvalue weighted by molar-refractivity contribution is 0.0528. The lowest BCUT2D eigenvalue weighted by Gasteiger charge is -2.42. The van der Waals surface area contributed by atoms with Crippen molar-refractivity contribution in [2.45, 2.75) is 26.3 Å². The average molecular weight is 390 g/mol. The first kappa shape index (κ1) is 20.8. The van der Waals surface area contributed by atoms with Crippen LogP contribution in [0.1, 0.15) is 30.8 Å². The zero-order chi connectivity index (χ0) is 15.7. The fourth-order valence-corrected chi connectivity index (χ4v) is 3.36. The van der Waals surface area contributed by atoms with Gasteiger partial charge in [0.25, 0.3) is 5.91 Å². The Kier molecular flexibility index (Phi) is 7.10. The van der Waals surface area contributed by atoms with Crippen LogP contribution < -0.4 is 5.73 Å². The summed E-state index contributed by atoms with van der Waals surface area (Å²) in [6, 6.07) is 0.127. The van der Waals surface area contributed by atoms with E-state index in [4.69, 9.17) is 5.73 Å². The molecular weight excluding hydrogens is 369 g/mol. The number of piperidine rings is 1. The van der Waals surface area contributed by atoms with E-state index in [0.29, 0.717) is 29.5 Å². The first-order chi connectivity index (χ1) is 10.5. The van der Waals surface area contributed by atoms with Crippen molar-refractivity contribution >= 4 is 42.1 Å². The van der Waals surface area contributed by atoms with Gasteiger partial charge in [-0.3, -0.25) is 14.8 Å². The van der Waals surface area contributed by atoms with Crippen molar-refractivity contribution in [2.75, 3.05) is 13.1 Å². The minimum Gasteiger partial charge on any atom is -0.337 e. The summed E-state index contributed by atoms with van der Waals surface area (Å²) in [6.07, 6.45) is 5.70. The zero-order valence-corrected chi connectivity index (χ0v) is 16.0. The van der Waals surface area contributed by atoms with Gasteiger partial charge in [0.2, 0.25) is 0 Å². The second kappa shape index (κ2) is 8.20. The third-order valence-corrected chi connectivity index (χ3v) is 4.97. The van der Waals surface area contributed by atoms with Crippen LogP contribution in [0.2, 0.25) is 0 Å². The van der Waals surface area contributed by atoms with E-state index in [1.807, 2.05) is 4.90 Å². The highest BCUT2D eigenvalue weighted by atomic mass is 35.5. The molecule has 6 nitrogen and oxygen atoms in total. The monoisotopic (exact) mass is 389 g/mol. The number of hydrogen-bond donors (Lipinski definition) is 1.